The first kappa shape index (κ1) is 20.9. The molecule has 0 spiro atoms. The molecule has 5 heteroatoms. The minimum atomic E-state index is -2.42. The quantitative estimate of drug-likeness (QED) is 0.361. The molecule has 0 aliphatic rings. The Hall–Kier alpha value is -4.01. The van der Waals surface area contributed by atoms with Gasteiger partial charge in [0.05, 0.1) is 12.7 Å². The van der Waals surface area contributed by atoms with Gasteiger partial charge in [-0.3, -0.25) is 0 Å². The molecule has 0 saturated heterocycles. The molecule has 5 aromatic rings. The predicted octanol–water partition coefficient (Wildman–Crippen LogP) is 5.54. The Morgan fingerprint density at radius 3 is 1.39 bits per heavy atom. The summed E-state index contributed by atoms with van der Waals surface area (Å²) in [5, 5.41) is 12.4. The van der Waals surface area contributed by atoms with Gasteiger partial charge >= 0.3 is 0 Å². The third-order valence-electron chi connectivity index (χ3n) is 5.50. The van der Waals surface area contributed by atoms with E-state index in [-0.39, 0.29) is 0 Å². The zero-order chi connectivity index (χ0) is 22.5. The van der Waals surface area contributed by atoms with Crippen LogP contribution in [0.4, 0.5) is 11.5 Å². The zero-order valence-corrected chi connectivity index (χ0v) is 18.9. The van der Waals surface area contributed by atoms with Crippen molar-refractivity contribution in [1.29, 1.82) is 0 Å². The fourth-order valence-electron chi connectivity index (χ4n) is 3.97. The molecule has 0 atom stereocenters. The number of nitrogens with two attached hydrogens (primary N) is 1. The highest BCUT2D eigenvalue weighted by molar-refractivity contribution is 7.87. The van der Waals surface area contributed by atoms with Crippen LogP contribution in [0.25, 0.3) is 11.3 Å². The molecule has 1 aromatic heterocycles. The summed E-state index contributed by atoms with van der Waals surface area (Å²) in [5.74, 6) is 0.525. The number of anilines is 1. The molecule has 0 aliphatic carbocycles. The SMILES string of the molecule is Nc1cc(N=P(c2ccccc2)(c2ccccc2)c2ccccc2)nnc1-c1ccccc1. The molecule has 0 amide bonds. The molecule has 5 rings (SSSR count). The van der Waals surface area contributed by atoms with Crippen LogP contribution in [0.15, 0.2) is 132 Å². The second-order valence-electron chi connectivity index (χ2n) is 7.61. The summed E-state index contributed by atoms with van der Waals surface area (Å²) in [5.41, 5.74) is 8.59. The van der Waals surface area contributed by atoms with Crippen molar-refractivity contribution in [2.24, 2.45) is 4.74 Å². The highest BCUT2D eigenvalue weighted by atomic mass is 31.2. The lowest BCUT2D eigenvalue weighted by Gasteiger charge is -2.26. The minimum Gasteiger partial charge on any atom is -0.397 e. The maximum Gasteiger partial charge on any atom is 0.176 e. The number of aromatic nitrogens is 2. The predicted molar refractivity (Wildman–Crippen MR) is 139 cm³/mol. The lowest BCUT2D eigenvalue weighted by atomic mass is 10.1. The highest BCUT2D eigenvalue weighted by Crippen LogP contribution is 2.49. The lowest BCUT2D eigenvalue weighted by molar-refractivity contribution is 1.04. The summed E-state index contributed by atoms with van der Waals surface area (Å²) in [6, 6.07) is 43.0. The van der Waals surface area contributed by atoms with Crippen molar-refractivity contribution < 1.29 is 0 Å². The molecule has 0 unspecified atom stereocenters. The van der Waals surface area contributed by atoms with Gasteiger partial charge in [-0.1, -0.05) is 121 Å². The smallest absolute Gasteiger partial charge is 0.176 e. The number of rotatable bonds is 5. The van der Waals surface area contributed by atoms with Gasteiger partial charge in [-0.05, 0) is 0 Å². The van der Waals surface area contributed by atoms with E-state index in [0.29, 0.717) is 17.2 Å². The van der Waals surface area contributed by atoms with E-state index in [0.717, 1.165) is 21.5 Å². The molecule has 0 fully saturated rings. The maximum atomic E-state index is 6.44. The van der Waals surface area contributed by atoms with Crippen LogP contribution in [0.5, 0.6) is 0 Å². The normalized spacial score (nSPS) is 11.2. The molecular formula is C28H23N4P. The van der Waals surface area contributed by atoms with Crippen molar-refractivity contribution in [1.82, 2.24) is 10.2 Å². The van der Waals surface area contributed by atoms with Crippen LogP contribution in [0.1, 0.15) is 0 Å². The van der Waals surface area contributed by atoms with E-state index in [1.807, 2.05) is 54.6 Å². The van der Waals surface area contributed by atoms with Crippen LogP contribution < -0.4 is 21.6 Å². The van der Waals surface area contributed by atoms with Crippen molar-refractivity contribution in [2.45, 2.75) is 0 Å². The first-order chi connectivity index (χ1) is 16.3. The average molecular weight is 446 g/mol. The fourth-order valence-corrected chi connectivity index (χ4v) is 7.43. The number of hydrogen-bond acceptors (Lipinski definition) is 4. The third-order valence-corrected chi connectivity index (χ3v) is 9.14. The summed E-state index contributed by atoms with van der Waals surface area (Å²) in [7, 11) is -2.42. The van der Waals surface area contributed by atoms with Gasteiger partial charge in [-0.2, -0.15) is 0 Å². The fraction of sp³-hybridized carbons (Fsp3) is 0. The van der Waals surface area contributed by atoms with E-state index in [9.17, 15) is 0 Å². The summed E-state index contributed by atoms with van der Waals surface area (Å²) in [6.45, 7) is 0. The Kier molecular flexibility index (Phi) is 5.84. The third kappa shape index (κ3) is 4.09. The van der Waals surface area contributed by atoms with E-state index in [1.165, 1.54) is 0 Å². The van der Waals surface area contributed by atoms with Crippen LogP contribution in [0, 0.1) is 0 Å². The number of hydrogen-bond donors (Lipinski definition) is 1. The van der Waals surface area contributed by atoms with Gasteiger partial charge in [-0.15, -0.1) is 10.2 Å². The molecule has 4 aromatic carbocycles. The molecule has 0 bridgehead atoms. The van der Waals surface area contributed by atoms with Crippen LogP contribution in [0.2, 0.25) is 0 Å². The summed E-state index contributed by atoms with van der Waals surface area (Å²) < 4.78 is 5.35. The number of nitrogens with zero attached hydrogens (tertiary/aromatic N) is 3. The van der Waals surface area contributed by atoms with Crippen molar-refractivity contribution >= 4 is 34.5 Å². The molecule has 4 nitrogen and oxygen atoms in total. The van der Waals surface area contributed by atoms with Gasteiger partial charge < -0.3 is 5.73 Å². The largest absolute Gasteiger partial charge is 0.397 e. The topological polar surface area (TPSA) is 64.2 Å². The standard InChI is InChI=1S/C28H23N4P/c29-26-21-27(30-31-28(26)22-13-5-1-6-14-22)32-33(23-15-7-2-8-16-23,24-17-9-3-10-18-24)25-19-11-4-12-20-25/h1-21H,(H2,29,30). The number of benzene rings is 4. The molecular weight excluding hydrogens is 423 g/mol. The Labute approximate surface area is 193 Å². The van der Waals surface area contributed by atoms with Crippen LogP contribution in [-0.2, 0) is 0 Å². The van der Waals surface area contributed by atoms with Gasteiger partial charge in [0.15, 0.2) is 5.82 Å². The van der Waals surface area contributed by atoms with E-state index >= 15 is 0 Å². The molecule has 0 radical (unpaired) electrons. The Morgan fingerprint density at radius 2 is 0.970 bits per heavy atom. The molecule has 1 heterocycles. The zero-order valence-electron chi connectivity index (χ0n) is 18.0. The first-order valence-electron chi connectivity index (χ1n) is 10.8. The van der Waals surface area contributed by atoms with E-state index in [1.54, 1.807) is 0 Å². The monoisotopic (exact) mass is 446 g/mol. The molecule has 2 N–H and O–H groups in total. The second-order valence-corrected chi connectivity index (χ2v) is 10.6. The minimum absolute atomic E-state index is 0.525. The summed E-state index contributed by atoms with van der Waals surface area (Å²) in [4.78, 5) is 0. The van der Waals surface area contributed by atoms with Crippen molar-refractivity contribution in [2.75, 3.05) is 5.73 Å². The van der Waals surface area contributed by atoms with E-state index < -0.39 is 7.05 Å². The van der Waals surface area contributed by atoms with Crippen molar-refractivity contribution in [3.05, 3.63) is 127 Å². The van der Waals surface area contributed by atoms with Crippen molar-refractivity contribution in [3.8, 4) is 11.3 Å². The Balaban J connectivity index is 1.79. The molecule has 0 aliphatic heterocycles. The first-order valence-corrected chi connectivity index (χ1v) is 12.5. The second kappa shape index (κ2) is 9.23. The maximum absolute atomic E-state index is 6.44. The van der Waals surface area contributed by atoms with E-state index in [4.69, 9.17) is 10.5 Å². The van der Waals surface area contributed by atoms with Crippen molar-refractivity contribution in [3.63, 3.8) is 0 Å². The van der Waals surface area contributed by atoms with Gasteiger partial charge in [0.1, 0.15) is 5.69 Å². The van der Waals surface area contributed by atoms with Gasteiger partial charge in [-0.25, -0.2) is 4.74 Å². The molecule has 160 valence electrons. The highest BCUT2D eigenvalue weighted by Gasteiger charge is 2.27. The van der Waals surface area contributed by atoms with Gasteiger partial charge in [0, 0.05) is 27.5 Å². The Morgan fingerprint density at radius 1 is 0.545 bits per heavy atom. The average Bonchev–Trinajstić information content (AvgIpc) is 2.89. The van der Waals surface area contributed by atoms with Gasteiger partial charge in [0.25, 0.3) is 0 Å². The van der Waals surface area contributed by atoms with Crippen LogP contribution >= 0.6 is 7.05 Å². The lowest BCUT2D eigenvalue weighted by Crippen LogP contribution is -2.25. The molecule has 33 heavy (non-hydrogen) atoms. The van der Waals surface area contributed by atoms with E-state index in [2.05, 4.69) is 83.0 Å². The summed E-state index contributed by atoms with van der Waals surface area (Å²) >= 11 is 0. The Bertz CT molecular complexity index is 1300. The van der Waals surface area contributed by atoms with Crippen LogP contribution in [-0.4, -0.2) is 10.2 Å². The van der Waals surface area contributed by atoms with Gasteiger partial charge in [0.2, 0.25) is 0 Å². The number of nitrogen functional groups attached to an aromatic ring is 1. The van der Waals surface area contributed by atoms with Crippen LogP contribution in [0.3, 0.4) is 0 Å². The molecule has 0 saturated carbocycles. The summed E-state index contributed by atoms with van der Waals surface area (Å²) in [6.07, 6.45) is 0.